The summed E-state index contributed by atoms with van der Waals surface area (Å²) >= 11 is 1.84. The van der Waals surface area contributed by atoms with Crippen molar-refractivity contribution in [2.75, 3.05) is 6.61 Å². The maximum atomic E-state index is 6.62. The fourth-order valence-corrected chi connectivity index (χ4v) is 5.56. The van der Waals surface area contributed by atoms with Gasteiger partial charge in [-0.1, -0.05) is 112 Å². The molecule has 4 nitrogen and oxygen atoms in total. The van der Waals surface area contributed by atoms with E-state index in [1.807, 2.05) is 66.4 Å². The zero-order valence-electron chi connectivity index (χ0n) is 21.5. The topological polar surface area (TPSA) is 36.9 Å². The van der Waals surface area contributed by atoms with Crippen LogP contribution in [0.1, 0.15) is 43.9 Å². The first-order valence-corrected chi connectivity index (χ1v) is 13.6. The predicted molar refractivity (Wildman–Crippen MR) is 147 cm³/mol. The summed E-state index contributed by atoms with van der Waals surface area (Å²) in [6.07, 6.45) is 0.199. The van der Waals surface area contributed by atoms with Crippen LogP contribution in [0.4, 0.5) is 0 Å². The van der Waals surface area contributed by atoms with Crippen molar-refractivity contribution in [1.29, 1.82) is 0 Å². The average molecular weight is 507 g/mol. The smallest absolute Gasteiger partial charge is 0.113 e. The molecule has 192 valence electrons. The summed E-state index contributed by atoms with van der Waals surface area (Å²) in [5.74, 6) is 0. The van der Waals surface area contributed by atoms with Crippen LogP contribution in [0, 0.1) is 0 Å². The van der Waals surface area contributed by atoms with Gasteiger partial charge in [-0.15, -0.1) is 11.8 Å². The highest BCUT2D eigenvalue weighted by Crippen LogP contribution is 2.38. The van der Waals surface area contributed by atoms with Gasteiger partial charge in [0, 0.05) is 11.2 Å². The van der Waals surface area contributed by atoms with Gasteiger partial charge in [0.05, 0.1) is 32.5 Å². The summed E-state index contributed by atoms with van der Waals surface area (Å²) in [5, 5.41) is 0. The highest BCUT2D eigenvalue weighted by Gasteiger charge is 2.42. The molecule has 0 bridgehead atoms. The van der Waals surface area contributed by atoms with Crippen LogP contribution < -0.4 is 0 Å². The van der Waals surface area contributed by atoms with E-state index >= 15 is 0 Å². The molecule has 0 radical (unpaired) electrons. The molecule has 1 aliphatic rings. The second kappa shape index (κ2) is 13.4. The van der Waals surface area contributed by atoms with Crippen LogP contribution in [0.15, 0.2) is 91.0 Å². The predicted octanol–water partition coefficient (Wildman–Crippen LogP) is 7.02. The highest BCUT2D eigenvalue weighted by molar-refractivity contribution is 8.01. The van der Waals surface area contributed by atoms with Crippen molar-refractivity contribution >= 4 is 11.8 Å². The van der Waals surface area contributed by atoms with Crippen molar-refractivity contribution in [3.63, 3.8) is 0 Å². The van der Waals surface area contributed by atoms with Gasteiger partial charge in [-0.3, -0.25) is 0 Å². The van der Waals surface area contributed by atoms with Crippen LogP contribution in [0.3, 0.4) is 0 Å². The van der Waals surface area contributed by atoms with E-state index in [4.69, 9.17) is 18.9 Å². The van der Waals surface area contributed by atoms with Gasteiger partial charge in [-0.2, -0.15) is 0 Å². The van der Waals surface area contributed by atoms with Crippen molar-refractivity contribution < 1.29 is 18.9 Å². The van der Waals surface area contributed by atoms with E-state index in [-0.39, 0.29) is 28.5 Å². The first kappa shape index (κ1) is 26.9. The van der Waals surface area contributed by atoms with Crippen molar-refractivity contribution in [1.82, 2.24) is 0 Å². The van der Waals surface area contributed by atoms with Gasteiger partial charge in [0.1, 0.15) is 17.6 Å². The molecule has 3 aromatic rings. The second-order valence-electron chi connectivity index (χ2n) is 10.2. The number of thioether (sulfide) groups is 1. The van der Waals surface area contributed by atoms with E-state index in [1.54, 1.807) is 0 Å². The number of hydrogen-bond donors (Lipinski definition) is 0. The van der Waals surface area contributed by atoms with Crippen LogP contribution in [-0.4, -0.2) is 35.1 Å². The zero-order valence-corrected chi connectivity index (χ0v) is 22.4. The molecule has 1 aliphatic heterocycles. The van der Waals surface area contributed by atoms with Gasteiger partial charge in [0.15, 0.2) is 0 Å². The quantitative estimate of drug-likeness (QED) is 0.279. The van der Waals surface area contributed by atoms with Gasteiger partial charge in [-0.05, 0) is 16.7 Å². The van der Waals surface area contributed by atoms with Crippen LogP contribution in [0.25, 0.3) is 0 Å². The number of ether oxygens (including phenoxy) is 4. The maximum Gasteiger partial charge on any atom is 0.113 e. The molecule has 0 N–H and O–H groups in total. The number of rotatable bonds is 11. The van der Waals surface area contributed by atoms with Gasteiger partial charge >= 0.3 is 0 Å². The molecule has 4 atom stereocenters. The second-order valence-corrected chi connectivity index (χ2v) is 12.2. The molecular formula is C31H38O4S. The van der Waals surface area contributed by atoms with E-state index in [0.29, 0.717) is 26.4 Å². The molecule has 1 fully saturated rings. The summed E-state index contributed by atoms with van der Waals surface area (Å²) in [7, 11) is 0. The molecular weight excluding hydrogens is 468 g/mol. The normalized spacial score (nSPS) is 22.4. The lowest BCUT2D eigenvalue weighted by Crippen LogP contribution is -2.52. The van der Waals surface area contributed by atoms with Gasteiger partial charge in [-0.25, -0.2) is 0 Å². The third-order valence-electron chi connectivity index (χ3n) is 5.96. The fraction of sp³-hybridized carbons (Fsp3) is 0.419. The Hall–Kier alpha value is -2.15. The maximum absolute atomic E-state index is 6.62. The molecule has 0 spiro atoms. The minimum absolute atomic E-state index is 0.00711. The Bertz CT molecular complexity index is 1010. The Morgan fingerprint density at radius 3 is 1.75 bits per heavy atom. The van der Waals surface area contributed by atoms with E-state index in [2.05, 4.69) is 57.2 Å². The Kier molecular flexibility index (Phi) is 10.0. The molecule has 4 rings (SSSR count). The van der Waals surface area contributed by atoms with Crippen LogP contribution >= 0.6 is 11.8 Å². The highest BCUT2D eigenvalue weighted by atomic mass is 32.2. The molecule has 5 heteroatoms. The first-order chi connectivity index (χ1) is 17.5. The minimum atomic E-state index is -0.235. The van der Waals surface area contributed by atoms with Crippen molar-refractivity contribution in [2.24, 2.45) is 0 Å². The van der Waals surface area contributed by atoms with Gasteiger partial charge in [0.2, 0.25) is 0 Å². The molecule has 36 heavy (non-hydrogen) atoms. The number of benzene rings is 3. The SMILES string of the molecule is CC(C)(C)S[C@H]1C[C@@H](OCc2ccccc2)[C@H](OCc2ccccc2)[C@@H](COCc2ccccc2)O1. The van der Waals surface area contributed by atoms with Gasteiger partial charge < -0.3 is 18.9 Å². The molecule has 0 amide bonds. The van der Waals surface area contributed by atoms with Crippen molar-refractivity contribution in [3.05, 3.63) is 108 Å². The van der Waals surface area contributed by atoms with Crippen LogP contribution in [-0.2, 0) is 38.8 Å². The summed E-state index contributed by atoms with van der Waals surface area (Å²) in [6.45, 7) is 8.70. The van der Waals surface area contributed by atoms with E-state index < -0.39 is 0 Å². The monoisotopic (exact) mass is 506 g/mol. The van der Waals surface area contributed by atoms with E-state index in [9.17, 15) is 0 Å². The lowest BCUT2D eigenvalue weighted by atomic mass is 10.0. The fourth-order valence-electron chi connectivity index (χ4n) is 4.28. The van der Waals surface area contributed by atoms with Crippen LogP contribution in [0.5, 0.6) is 0 Å². The van der Waals surface area contributed by atoms with Crippen molar-refractivity contribution in [2.45, 2.75) is 75.5 Å². The largest absolute Gasteiger partial charge is 0.374 e. The third kappa shape index (κ3) is 8.75. The Morgan fingerprint density at radius 1 is 0.722 bits per heavy atom. The summed E-state index contributed by atoms with van der Waals surface area (Å²) < 4.78 is 25.9. The molecule has 0 aromatic heterocycles. The summed E-state index contributed by atoms with van der Waals surface area (Å²) in [5.41, 5.74) is 3.44. The zero-order chi connectivity index (χ0) is 25.2. The molecule has 0 unspecified atom stereocenters. The molecule has 1 heterocycles. The lowest BCUT2D eigenvalue weighted by molar-refractivity contribution is -0.204. The van der Waals surface area contributed by atoms with Crippen LogP contribution in [0.2, 0.25) is 0 Å². The standard InChI is InChI=1S/C31H38O4S/c1-31(2,3)36-29-19-27(33-21-25-15-9-5-10-16-25)30(34-22-26-17-11-6-12-18-26)28(35-29)23-32-20-24-13-7-4-8-14-24/h4-18,27-30H,19-23H2,1-3H3/t27-,28-,29+,30+/m1/s1. The molecule has 0 aliphatic carbocycles. The summed E-state index contributed by atoms with van der Waals surface area (Å²) in [4.78, 5) is 0. The van der Waals surface area contributed by atoms with Gasteiger partial charge in [0.25, 0.3) is 0 Å². The molecule has 3 aromatic carbocycles. The minimum Gasteiger partial charge on any atom is -0.374 e. The Balaban J connectivity index is 1.49. The third-order valence-corrected chi connectivity index (χ3v) is 7.23. The average Bonchev–Trinajstić information content (AvgIpc) is 2.88. The number of hydrogen-bond acceptors (Lipinski definition) is 5. The molecule has 1 saturated heterocycles. The van der Waals surface area contributed by atoms with E-state index in [0.717, 1.165) is 23.1 Å². The van der Waals surface area contributed by atoms with Crippen molar-refractivity contribution in [3.8, 4) is 0 Å². The first-order valence-electron chi connectivity index (χ1n) is 12.7. The van der Waals surface area contributed by atoms with E-state index in [1.165, 1.54) is 0 Å². The Morgan fingerprint density at radius 2 is 1.22 bits per heavy atom. The summed E-state index contributed by atoms with van der Waals surface area (Å²) in [6, 6.07) is 30.8. The molecule has 0 saturated carbocycles. The lowest BCUT2D eigenvalue weighted by Gasteiger charge is -2.42. The Labute approximate surface area is 220 Å².